The summed E-state index contributed by atoms with van der Waals surface area (Å²) in [4.78, 5) is 12.1. The van der Waals surface area contributed by atoms with Crippen LogP contribution in [0, 0.1) is 0 Å². The van der Waals surface area contributed by atoms with Crippen LogP contribution in [0.5, 0.6) is 11.8 Å². The molecule has 0 aromatic carbocycles. The van der Waals surface area contributed by atoms with Gasteiger partial charge in [0.1, 0.15) is 0 Å². The van der Waals surface area contributed by atoms with Crippen LogP contribution < -0.4 is 4.74 Å². The molecule has 3 rings (SSSR count). The summed E-state index contributed by atoms with van der Waals surface area (Å²) in [6.07, 6.45) is 6.67. The van der Waals surface area contributed by atoms with E-state index in [4.69, 9.17) is 16.3 Å². The highest BCUT2D eigenvalue weighted by Gasteiger charge is 2.10. The van der Waals surface area contributed by atoms with E-state index in [1.54, 1.807) is 35.5 Å². The lowest BCUT2D eigenvalue weighted by molar-refractivity contribution is 0.434. The largest absolute Gasteiger partial charge is 0.421 e. The highest BCUT2D eigenvalue weighted by molar-refractivity contribution is 6.28. The summed E-state index contributed by atoms with van der Waals surface area (Å²) in [5.74, 6) is 0.809. The number of nitrogens with zero attached hydrogens (tertiary/aromatic N) is 7. The monoisotopic (exact) mass is 305 g/mol. The minimum absolute atomic E-state index is 0.0294. The van der Waals surface area contributed by atoms with Crippen molar-refractivity contribution in [2.24, 2.45) is 0 Å². The van der Waals surface area contributed by atoms with Crippen LogP contribution in [0.1, 0.15) is 19.9 Å². The quantitative estimate of drug-likeness (QED) is 0.735. The molecule has 0 atom stereocenters. The third kappa shape index (κ3) is 3.00. The topological polar surface area (TPSA) is 83.5 Å². The minimum Gasteiger partial charge on any atom is -0.421 e. The molecular formula is C12H12ClN7O. The molecule has 0 bridgehead atoms. The lowest BCUT2D eigenvalue weighted by Gasteiger charge is -2.04. The van der Waals surface area contributed by atoms with E-state index < -0.39 is 0 Å². The van der Waals surface area contributed by atoms with E-state index in [0.29, 0.717) is 5.75 Å². The number of hydrogen-bond donors (Lipinski definition) is 0. The van der Waals surface area contributed by atoms with Crippen molar-refractivity contribution in [1.29, 1.82) is 0 Å². The second-order valence-corrected chi connectivity index (χ2v) is 4.83. The zero-order valence-corrected chi connectivity index (χ0v) is 12.1. The molecule has 0 fully saturated rings. The van der Waals surface area contributed by atoms with Gasteiger partial charge in [-0.3, -0.25) is 4.68 Å². The molecule has 9 heteroatoms. The average molecular weight is 306 g/mol. The highest BCUT2D eigenvalue weighted by Crippen LogP contribution is 2.20. The zero-order chi connectivity index (χ0) is 14.8. The van der Waals surface area contributed by atoms with Crippen molar-refractivity contribution in [1.82, 2.24) is 34.5 Å². The van der Waals surface area contributed by atoms with E-state index in [2.05, 4.69) is 25.1 Å². The number of hydrogen-bond acceptors (Lipinski definition) is 6. The number of ether oxygens (including phenoxy) is 1. The van der Waals surface area contributed by atoms with Crippen LogP contribution >= 0.6 is 11.6 Å². The first-order chi connectivity index (χ1) is 10.1. The summed E-state index contributed by atoms with van der Waals surface area (Å²) >= 11 is 5.88. The van der Waals surface area contributed by atoms with Gasteiger partial charge in [-0.1, -0.05) is 0 Å². The maximum absolute atomic E-state index is 5.88. The molecule has 0 aliphatic heterocycles. The minimum atomic E-state index is 0.0294. The zero-order valence-electron chi connectivity index (χ0n) is 11.4. The Hall–Kier alpha value is -2.48. The molecule has 0 spiro atoms. The number of rotatable bonds is 4. The number of halogens is 1. The van der Waals surface area contributed by atoms with Gasteiger partial charge in [-0.25, -0.2) is 4.68 Å². The predicted octanol–water partition coefficient (Wildman–Crippen LogP) is 2.28. The van der Waals surface area contributed by atoms with Crippen LogP contribution in [0.2, 0.25) is 5.28 Å². The molecule has 3 aromatic heterocycles. The highest BCUT2D eigenvalue weighted by atomic mass is 35.5. The van der Waals surface area contributed by atoms with E-state index in [0.717, 1.165) is 0 Å². The van der Waals surface area contributed by atoms with Crippen molar-refractivity contribution < 1.29 is 4.74 Å². The Morgan fingerprint density at radius 1 is 1.19 bits per heavy atom. The van der Waals surface area contributed by atoms with Gasteiger partial charge < -0.3 is 4.74 Å². The van der Waals surface area contributed by atoms with Gasteiger partial charge in [0.2, 0.25) is 5.28 Å². The number of aromatic nitrogens is 7. The molecule has 0 aliphatic rings. The second-order valence-electron chi connectivity index (χ2n) is 4.49. The Kier molecular flexibility index (Phi) is 3.53. The molecule has 0 N–H and O–H groups in total. The Balaban J connectivity index is 1.88. The summed E-state index contributed by atoms with van der Waals surface area (Å²) in [7, 11) is 0. The lowest BCUT2D eigenvalue weighted by atomic mass is 10.4. The summed E-state index contributed by atoms with van der Waals surface area (Å²) in [6, 6.07) is 2.08. The van der Waals surface area contributed by atoms with Gasteiger partial charge in [-0.05, 0) is 31.5 Å². The van der Waals surface area contributed by atoms with Crippen molar-refractivity contribution >= 4 is 11.6 Å². The Morgan fingerprint density at radius 2 is 2.05 bits per heavy atom. The molecule has 0 radical (unpaired) electrons. The van der Waals surface area contributed by atoms with Crippen molar-refractivity contribution in [2.75, 3.05) is 0 Å². The normalized spacial score (nSPS) is 11.0. The van der Waals surface area contributed by atoms with Gasteiger partial charge >= 0.3 is 6.01 Å². The van der Waals surface area contributed by atoms with Gasteiger partial charge in [0.05, 0.1) is 12.4 Å². The van der Waals surface area contributed by atoms with Crippen LogP contribution in [0.3, 0.4) is 0 Å². The van der Waals surface area contributed by atoms with Gasteiger partial charge in [0, 0.05) is 18.4 Å². The van der Waals surface area contributed by atoms with Crippen molar-refractivity contribution in [3.63, 3.8) is 0 Å². The van der Waals surface area contributed by atoms with E-state index in [1.165, 1.54) is 4.68 Å². The lowest BCUT2D eigenvalue weighted by Crippen LogP contribution is -2.05. The summed E-state index contributed by atoms with van der Waals surface area (Å²) in [6.45, 7) is 4.04. The molecule has 3 heterocycles. The van der Waals surface area contributed by atoms with Crippen LogP contribution in [-0.2, 0) is 0 Å². The standard InChI is InChI=1S/C12H12ClN7O/c1-8(2)20-7-9(6-15-20)21-12-17-10(13)16-11(18-12)19-5-3-4-14-19/h3-8H,1-2H3. The molecule has 21 heavy (non-hydrogen) atoms. The fraction of sp³-hybridized carbons (Fsp3) is 0.250. The predicted molar refractivity (Wildman–Crippen MR) is 74.6 cm³/mol. The van der Waals surface area contributed by atoms with Crippen molar-refractivity contribution in [2.45, 2.75) is 19.9 Å². The van der Waals surface area contributed by atoms with Gasteiger partial charge in [0.15, 0.2) is 5.75 Å². The summed E-state index contributed by atoms with van der Waals surface area (Å²) in [5, 5.41) is 8.24. The Labute approximate surface area is 125 Å². The molecule has 8 nitrogen and oxygen atoms in total. The van der Waals surface area contributed by atoms with E-state index >= 15 is 0 Å². The Morgan fingerprint density at radius 3 is 2.71 bits per heavy atom. The Bertz CT molecular complexity index is 738. The van der Waals surface area contributed by atoms with Gasteiger partial charge in [0.25, 0.3) is 5.95 Å². The first-order valence-electron chi connectivity index (χ1n) is 6.25. The third-order valence-corrected chi connectivity index (χ3v) is 2.77. The van der Waals surface area contributed by atoms with Gasteiger partial charge in [-0.2, -0.15) is 25.1 Å². The van der Waals surface area contributed by atoms with Gasteiger partial charge in [-0.15, -0.1) is 0 Å². The third-order valence-electron chi connectivity index (χ3n) is 2.60. The first-order valence-corrected chi connectivity index (χ1v) is 6.63. The average Bonchev–Trinajstić information content (AvgIpc) is 3.08. The van der Waals surface area contributed by atoms with Crippen molar-refractivity contribution in [3.8, 4) is 17.7 Å². The van der Waals surface area contributed by atoms with Crippen LogP contribution in [0.4, 0.5) is 0 Å². The van der Waals surface area contributed by atoms with Crippen LogP contribution in [0.15, 0.2) is 30.9 Å². The molecule has 3 aromatic rings. The summed E-state index contributed by atoms with van der Waals surface area (Å²) in [5.41, 5.74) is 0. The van der Waals surface area contributed by atoms with E-state index in [-0.39, 0.29) is 23.3 Å². The molecule has 0 aliphatic carbocycles. The fourth-order valence-electron chi connectivity index (χ4n) is 1.62. The van der Waals surface area contributed by atoms with Crippen molar-refractivity contribution in [3.05, 3.63) is 36.1 Å². The molecular weight excluding hydrogens is 294 g/mol. The first kappa shape index (κ1) is 13.5. The maximum atomic E-state index is 5.88. The molecule has 0 saturated carbocycles. The SMILES string of the molecule is CC(C)n1cc(Oc2nc(Cl)nc(-n3cccn3)n2)cn1. The van der Waals surface area contributed by atoms with Crippen LogP contribution in [0.25, 0.3) is 5.95 Å². The summed E-state index contributed by atoms with van der Waals surface area (Å²) < 4.78 is 8.80. The van der Waals surface area contributed by atoms with E-state index in [1.807, 2.05) is 13.8 Å². The molecule has 0 unspecified atom stereocenters. The molecule has 108 valence electrons. The molecule has 0 saturated heterocycles. The smallest absolute Gasteiger partial charge is 0.328 e. The van der Waals surface area contributed by atoms with Crippen LogP contribution in [-0.4, -0.2) is 34.5 Å². The molecule has 0 amide bonds. The van der Waals surface area contributed by atoms with E-state index in [9.17, 15) is 0 Å². The fourth-order valence-corrected chi connectivity index (χ4v) is 1.77. The second kappa shape index (κ2) is 5.49. The maximum Gasteiger partial charge on any atom is 0.328 e.